The zero-order valence-electron chi connectivity index (χ0n) is 14.3. The maximum atomic E-state index is 13.2. The Hall–Kier alpha value is -2.61. The number of rotatable bonds is 2. The molecule has 1 spiro atoms. The average Bonchev–Trinajstić information content (AvgIpc) is 2.89. The normalized spacial score (nSPS) is 17.8. The van der Waals surface area contributed by atoms with Crippen LogP contribution in [-0.4, -0.2) is 20.4 Å². The van der Waals surface area contributed by atoms with Crippen LogP contribution in [-0.2, 0) is 5.66 Å². The lowest BCUT2D eigenvalue weighted by Crippen LogP contribution is -2.48. The smallest absolute Gasteiger partial charge is 0.276 e. The number of aromatic nitrogens is 3. The number of fused-ring (bicyclic) bond motifs is 2. The van der Waals surface area contributed by atoms with Crippen LogP contribution in [0.5, 0.6) is 0 Å². The van der Waals surface area contributed by atoms with Gasteiger partial charge < -0.3 is 16.4 Å². The Morgan fingerprint density at radius 2 is 2.00 bits per heavy atom. The summed E-state index contributed by atoms with van der Waals surface area (Å²) in [5, 5.41) is 6.16. The van der Waals surface area contributed by atoms with E-state index in [4.69, 9.17) is 17.3 Å². The predicted molar refractivity (Wildman–Crippen MR) is 98.7 cm³/mol. The molecule has 2 aliphatic rings. The van der Waals surface area contributed by atoms with Crippen LogP contribution in [0, 0.1) is 6.92 Å². The van der Waals surface area contributed by atoms with Crippen molar-refractivity contribution >= 4 is 34.8 Å². The van der Waals surface area contributed by atoms with Gasteiger partial charge in [-0.3, -0.25) is 14.2 Å². The lowest BCUT2D eigenvalue weighted by atomic mass is 9.89. The minimum Gasteiger partial charge on any atom is -0.382 e. The number of halogens is 1. The lowest BCUT2D eigenvalue weighted by Gasteiger charge is -2.35. The molecular weight excluding hydrogens is 356 g/mol. The van der Waals surface area contributed by atoms with Gasteiger partial charge in [-0.05, 0) is 44.2 Å². The molecule has 0 atom stereocenters. The molecule has 1 aliphatic heterocycles. The second-order valence-corrected chi connectivity index (χ2v) is 7.20. The molecular formula is C17H19ClN6O2. The van der Waals surface area contributed by atoms with Crippen LogP contribution in [0.2, 0.25) is 5.02 Å². The number of nitrogens with one attached hydrogen (secondary N) is 2. The van der Waals surface area contributed by atoms with Crippen LogP contribution in [0.25, 0.3) is 0 Å². The first-order chi connectivity index (χ1) is 12.4. The Labute approximate surface area is 154 Å². The maximum absolute atomic E-state index is 13.2. The standard InChI is InChI=1S/C17H19ClN6O2/c1-9-7-10(22-14-11(18)13(19)20-8-21-14)16(26)24-12(9)15(25)23-17(24)5-3-2-4-6-17/h7-8H,2-6H2,1H3,(H,23,25)(H3,19,20,21,22). The molecule has 0 saturated heterocycles. The molecule has 2 aromatic rings. The summed E-state index contributed by atoms with van der Waals surface area (Å²) in [5.41, 5.74) is 6.22. The number of hydrogen-bond acceptors (Lipinski definition) is 6. The molecule has 0 bridgehead atoms. The number of amides is 1. The van der Waals surface area contributed by atoms with E-state index in [1.165, 1.54) is 6.33 Å². The fraction of sp³-hybridized carbons (Fsp3) is 0.412. The van der Waals surface area contributed by atoms with Crippen molar-refractivity contribution in [3.05, 3.63) is 39.0 Å². The quantitative estimate of drug-likeness (QED) is 0.742. The van der Waals surface area contributed by atoms with Gasteiger partial charge in [0.25, 0.3) is 11.5 Å². The Balaban J connectivity index is 1.86. The monoisotopic (exact) mass is 374 g/mol. The van der Waals surface area contributed by atoms with Crippen molar-refractivity contribution in [1.29, 1.82) is 0 Å². The van der Waals surface area contributed by atoms with Crippen molar-refractivity contribution in [2.24, 2.45) is 0 Å². The predicted octanol–water partition coefficient (Wildman–Crippen LogP) is 2.29. The first-order valence-electron chi connectivity index (χ1n) is 8.55. The molecule has 0 radical (unpaired) electrons. The van der Waals surface area contributed by atoms with E-state index in [0.717, 1.165) is 32.1 Å². The summed E-state index contributed by atoms with van der Waals surface area (Å²) in [6, 6.07) is 1.64. The van der Waals surface area contributed by atoms with E-state index in [1.54, 1.807) is 10.6 Å². The van der Waals surface area contributed by atoms with Crippen molar-refractivity contribution in [3.63, 3.8) is 0 Å². The second-order valence-electron chi connectivity index (χ2n) is 6.82. The van der Waals surface area contributed by atoms with Gasteiger partial charge in [-0.2, -0.15) is 0 Å². The number of nitrogen functional groups attached to an aromatic ring is 1. The lowest BCUT2D eigenvalue weighted by molar-refractivity contribution is 0.0876. The van der Waals surface area contributed by atoms with E-state index in [1.807, 2.05) is 6.92 Å². The van der Waals surface area contributed by atoms with Crippen molar-refractivity contribution in [2.75, 3.05) is 11.1 Å². The van der Waals surface area contributed by atoms with Gasteiger partial charge in [0.2, 0.25) is 0 Å². The first kappa shape index (κ1) is 16.8. The van der Waals surface area contributed by atoms with E-state index < -0.39 is 5.66 Å². The van der Waals surface area contributed by atoms with Crippen molar-refractivity contribution in [3.8, 4) is 0 Å². The molecule has 2 aromatic heterocycles. The number of anilines is 3. The van der Waals surface area contributed by atoms with Gasteiger partial charge in [0.1, 0.15) is 34.2 Å². The van der Waals surface area contributed by atoms with E-state index in [9.17, 15) is 9.59 Å². The molecule has 3 heterocycles. The number of hydrogen-bond donors (Lipinski definition) is 3. The molecule has 0 aromatic carbocycles. The molecule has 4 N–H and O–H groups in total. The molecule has 8 nitrogen and oxygen atoms in total. The van der Waals surface area contributed by atoms with Gasteiger partial charge in [0, 0.05) is 0 Å². The van der Waals surface area contributed by atoms with Gasteiger partial charge in [-0.1, -0.05) is 18.0 Å². The minimum absolute atomic E-state index is 0.128. The van der Waals surface area contributed by atoms with Gasteiger partial charge in [-0.15, -0.1) is 0 Å². The SMILES string of the molecule is Cc1cc(Nc2ncnc(N)c2Cl)c(=O)n2c1C(=O)NC21CCCCC1. The molecule has 1 saturated carbocycles. The van der Waals surface area contributed by atoms with Crippen LogP contribution < -0.4 is 21.9 Å². The van der Waals surface area contributed by atoms with E-state index >= 15 is 0 Å². The van der Waals surface area contributed by atoms with E-state index in [-0.39, 0.29) is 28.1 Å². The number of aryl methyl sites for hydroxylation is 1. The van der Waals surface area contributed by atoms with Gasteiger partial charge in [0.15, 0.2) is 5.82 Å². The fourth-order valence-corrected chi connectivity index (χ4v) is 4.08. The number of carbonyl (C=O) groups is 1. The number of carbonyl (C=O) groups excluding carboxylic acids is 1. The fourth-order valence-electron chi connectivity index (χ4n) is 3.93. The highest BCUT2D eigenvalue weighted by Crippen LogP contribution is 2.37. The Morgan fingerprint density at radius 1 is 1.27 bits per heavy atom. The van der Waals surface area contributed by atoms with E-state index in [0.29, 0.717) is 16.9 Å². The van der Waals surface area contributed by atoms with Crippen molar-refractivity contribution < 1.29 is 4.79 Å². The number of nitrogens with two attached hydrogens (primary N) is 1. The molecule has 0 unspecified atom stereocenters. The third kappa shape index (κ3) is 2.44. The van der Waals surface area contributed by atoms with Gasteiger partial charge >= 0.3 is 0 Å². The highest BCUT2D eigenvalue weighted by atomic mass is 35.5. The molecule has 26 heavy (non-hydrogen) atoms. The Bertz CT molecular complexity index is 964. The first-order valence-corrected chi connectivity index (χ1v) is 8.93. The molecule has 4 rings (SSSR count). The third-order valence-electron chi connectivity index (χ3n) is 5.13. The van der Waals surface area contributed by atoms with Crippen molar-refractivity contribution in [1.82, 2.24) is 19.9 Å². The summed E-state index contributed by atoms with van der Waals surface area (Å²) < 4.78 is 1.62. The summed E-state index contributed by atoms with van der Waals surface area (Å²) in [6.45, 7) is 1.81. The Morgan fingerprint density at radius 3 is 2.73 bits per heavy atom. The highest BCUT2D eigenvalue weighted by Gasteiger charge is 2.45. The topological polar surface area (TPSA) is 115 Å². The zero-order chi connectivity index (χ0) is 18.5. The molecule has 1 fully saturated rings. The number of pyridine rings is 1. The maximum Gasteiger partial charge on any atom is 0.276 e. The molecule has 1 aliphatic carbocycles. The summed E-state index contributed by atoms with van der Waals surface area (Å²) in [4.78, 5) is 33.6. The largest absolute Gasteiger partial charge is 0.382 e. The molecule has 1 amide bonds. The summed E-state index contributed by atoms with van der Waals surface area (Å²) in [5.74, 6) is 0.186. The molecule has 9 heteroatoms. The van der Waals surface area contributed by atoms with E-state index in [2.05, 4.69) is 20.6 Å². The van der Waals surface area contributed by atoms with Crippen LogP contribution in [0.1, 0.15) is 48.2 Å². The summed E-state index contributed by atoms with van der Waals surface area (Å²) in [6.07, 6.45) is 5.81. The van der Waals surface area contributed by atoms with Crippen LogP contribution in [0.3, 0.4) is 0 Å². The van der Waals surface area contributed by atoms with Gasteiger partial charge in [-0.25, -0.2) is 9.97 Å². The van der Waals surface area contributed by atoms with Crippen molar-refractivity contribution in [2.45, 2.75) is 44.7 Å². The summed E-state index contributed by atoms with van der Waals surface area (Å²) in [7, 11) is 0. The van der Waals surface area contributed by atoms with Crippen LogP contribution >= 0.6 is 11.6 Å². The zero-order valence-corrected chi connectivity index (χ0v) is 15.1. The summed E-state index contributed by atoms with van der Waals surface area (Å²) >= 11 is 6.13. The third-order valence-corrected chi connectivity index (χ3v) is 5.50. The average molecular weight is 375 g/mol. The minimum atomic E-state index is -0.640. The number of nitrogens with zero attached hydrogens (tertiary/aromatic N) is 3. The second kappa shape index (κ2) is 5.98. The highest BCUT2D eigenvalue weighted by molar-refractivity contribution is 6.35. The Kier molecular flexibility index (Phi) is 3.87. The molecule has 136 valence electrons. The van der Waals surface area contributed by atoms with Gasteiger partial charge in [0.05, 0.1) is 0 Å². The van der Waals surface area contributed by atoms with Crippen LogP contribution in [0.15, 0.2) is 17.2 Å². The van der Waals surface area contributed by atoms with Crippen LogP contribution in [0.4, 0.5) is 17.3 Å².